The molecule has 0 spiro atoms. The van der Waals surface area contributed by atoms with Crippen LogP contribution in [0.4, 0.5) is 11.4 Å². The van der Waals surface area contributed by atoms with Gasteiger partial charge in [0, 0.05) is 35.7 Å². The summed E-state index contributed by atoms with van der Waals surface area (Å²) in [5.74, 6) is -0.981. The summed E-state index contributed by atoms with van der Waals surface area (Å²) in [5, 5.41) is 7.80. The highest BCUT2D eigenvalue weighted by atomic mass is 16.2. The van der Waals surface area contributed by atoms with E-state index < -0.39 is 5.91 Å². The quantitative estimate of drug-likeness (QED) is 0.816. The van der Waals surface area contributed by atoms with Gasteiger partial charge in [-0.1, -0.05) is 6.58 Å². The molecule has 0 unspecified atom stereocenters. The SMILES string of the molecule is C=C1CCCN1c1ccc(N2CCC(C(=N)C(N)=O)=C(C)C2=O)c(C)c1. The Labute approximate surface area is 153 Å². The monoisotopic (exact) mass is 352 g/mol. The molecule has 0 aromatic heterocycles. The van der Waals surface area contributed by atoms with Gasteiger partial charge in [0.2, 0.25) is 0 Å². The van der Waals surface area contributed by atoms with Gasteiger partial charge in [-0.15, -0.1) is 0 Å². The van der Waals surface area contributed by atoms with E-state index in [1.807, 2.05) is 19.1 Å². The number of hydrogen-bond donors (Lipinski definition) is 2. The molecule has 3 N–H and O–H groups in total. The molecule has 2 aliphatic heterocycles. The minimum atomic E-state index is -0.799. The van der Waals surface area contributed by atoms with Gasteiger partial charge in [0.1, 0.15) is 5.71 Å². The molecule has 26 heavy (non-hydrogen) atoms. The third kappa shape index (κ3) is 3.03. The van der Waals surface area contributed by atoms with Gasteiger partial charge in [-0.2, -0.15) is 0 Å². The van der Waals surface area contributed by atoms with Crippen LogP contribution in [-0.4, -0.2) is 30.6 Å². The van der Waals surface area contributed by atoms with E-state index in [9.17, 15) is 9.59 Å². The molecule has 1 saturated heterocycles. The van der Waals surface area contributed by atoms with Gasteiger partial charge in [0.25, 0.3) is 11.8 Å². The van der Waals surface area contributed by atoms with Crippen LogP contribution in [0.25, 0.3) is 0 Å². The van der Waals surface area contributed by atoms with Crippen molar-refractivity contribution >= 4 is 28.9 Å². The molecule has 2 aliphatic rings. The molecule has 136 valence electrons. The maximum absolute atomic E-state index is 12.8. The average Bonchev–Trinajstić information content (AvgIpc) is 3.03. The first-order valence-electron chi connectivity index (χ1n) is 8.77. The van der Waals surface area contributed by atoms with E-state index in [0.29, 0.717) is 24.1 Å². The maximum Gasteiger partial charge on any atom is 0.266 e. The Morgan fingerprint density at radius 3 is 2.50 bits per heavy atom. The Bertz CT molecular complexity index is 853. The first-order valence-corrected chi connectivity index (χ1v) is 8.77. The Kier molecular flexibility index (Phi) is 4.68. The van der Waals surface area contributed by atoms with Crippen LogP contribution in [0.15, 0.2) is 41.6 Å². The second kappa shape index (κ2) is 6.78. The number of nitrogens with one attached hydrogen (secondary N) is 1. The topological polar surface area (TPSA) is 90.5 Å². The van der Waals surface area contributed by atoms with Crippen molar-refractivity contribution in [2.45, 2.75) is 33.1 Å². The molecule has 0 aliphatic carbocycles. The van der Waals surface area contributed by atoms with Crippen molar-refractivity contribution in [1.29, 1.82) is 5.41 Å². The molecule has 6 heteroatoms. The van der Waals surface area contributed by atoms with Crippen molar-refractivity contribution in [3.63, 3.8) is 0 Å². The highest BCUT2D eigenvalue weighted by molar-refractivity contribution is 6.44. The number of carbonyl (C=O) groups is 2. The lowest BCUT2D eigenvalue weighted by molar-refractivity contribution is -0.115. The minimum absolute atomic E-state index is 0.182. The zero-order valence-corrected chi connectivity index (χ0v) is 15.3. The summed E-state index contributed by atoms with van der Waals surface area (Å²) in [6.07, 6.45) is 2.58. The summed E-state index contributed by atoms with van der Waals surface area (Å²) in [7, 11) is 0. The third-order valence-electron chi connectivity index (χ3n) is 5.16. The van der Waals surface area contributed by atoms with Crippen molar-refractivity contribution in [1.82, 2.24) is 0 Å². The van der Waals surface area contributed by atoms with E-state index in [2.05, 4.69) is 17.5 Å². The third-order valence-corrected chi connectivity index (χ3v) is 5.16. The van der Waals surface area contributed by atoms with E-state index in [1.54, 1.807) is 11.8 Å². The minimum Gasteiger partial charge on any atom is -0.364 e. The lowest BCUT2D eigenvalue weighted by atomic mass is 9.95. The molecular weight excluding hydrogens is 328 g/mol. The summed E-state index contributed by atoms with van der Waals surface area (Å²) >= 11 is 0. The second-order valence-electron chi connectivity index (χ2n) is 6.84. The number of nitrogens with two attached hydrogens (primary N) is 1. The summed E-state index contributed by atoms with van der Waals surface area (Å²) in [6, 6.07) is 6.07. The van der Waals surface area contributed by atoms with Crippen molar-refractivity contribution in [2.24, 2.45) is 5.73 Å². The van der Waals surface area contributed by atoms with Gasteiger partial charge in [0.05, 0.1) is 0 Å². The number of anilines is 2. The Balaban J connectivity index is 1.88. The molecule has 0 atom stereocenters. The Morgan fingerprint density at radius 1 is 1.19 bits per heavy atom. The van der Waals surface area contributed by atoms with E-state index >= 15 is 0 Å². The number of benzene rings is 1. The van der Waals surface area contributed by atoms with Crippen LogP contribution in [0.2, 0.25) is 0 Å². The standard InChI is InChI=1S/C20H24N4O2/c1-12-11-15(23-9-4-5-13(23)2)6-7-17(12)24-10-8-16(14(3)20(24)26)18(21)19(22)25/h6-7,11,21H,2,4-5,8-10H2,1,3H3,(H2,22,25). The lowest BCUT2D eigenvalue weighted by Gasteiger charge is -2.31. The van der Waals surface area contributed by atoms with Crippen LogP contribution in [0.3, 0.4) is 0 Å². The van der Waals surface area contributed by atoms with E-state index in [-0.39, 0.29) is 11.6 Å². The van der Waals surface area contributed by atoms with Gasteiger partial charge in [-0.05, 0) is 62.4 Å². The van der Waals surface area contributed by atoms with Crippen molar-refractivity contribution in [3.05, 3.63) is 47.2 Å². The molecule has 3 rings (SSSR count). The molecule has 1 fully saturated rings. The number of aryl methyl sites for hydroxylation is 1. The van der Waals surface area contributed by atoms with E-state index in [4.69, 9.17) is 11.1 Å². The zero-order chi connectivity index (χ0) is 19.0. The number of amides is 2. The van der Waals surface area contributed by atoms with Crippen molar-refractivity contribution in [2.75, 3.05) is 22.9 Å². The predicted molar refractivity (Wildman–Crippen MR) is 103 cm³/mol. The summed E-state index contributed by atoms with van der Waals surface area (Å²) in [5.41, 5.74) is 9.88. The molecular formula is C20H24N4O2. The highest BCUT2D eigenvalue weighted by Crippen LogP contribution is 2.33. The van der Waals surface area contributed by atoms with Gasteiger partial charge in [-0.3, -0.25) is 15.0 Å². The highest BCUT2D eigenvalue weighted by Gasteiger charge is 2.29. The molecule has 0 saturated carbocycles. The number of hydrogen-bond acceptors (Lipinski definition) is 4. The van der Waals surface area contributed by atoms with Gasteiger partial charge in [0.15, 0.2) is 0 Å². The van der Waals surface area contributed by atoms with Crippen molar-refractivity contribution in [3.8, 4) is 0 Å². The Morgan fingerprint density at radius 2 is 1.92 bits per heavy atom. The largest absolute Gasteiger partial charge is 0.364 e. The number of primary amides is 1. The van der Waals surface area contributed by atoms with Crippen LogP contribution >= 0.6 is 0 Å². The number of nitrogens with zero attached hydrogens (tertiary/aromatic N) is 2. The van der Waals surface area contributed by atoms with Gasteiger partial charge < -0.3 is 15.5 Å². The fourth-order valence-electron chi connectivity index (χ4n) is 3.69. The average molecular weight is 352 g/mol. The van der Waals surface area contributed by atoms with Crippen LogP contribution in [0.1, 0.15) is 31.7 Å². The molecule has 2 heterocycles. The molecule has 1 aromatic carbocycles. The summed E-state index contributed by atoms with van der Waals surface area (Å²) in [4.78, 5) is 28.0. The molecule has 6 nitrogen and oxygen atoms in total. The fourth-order valence-corrected chi connectivity index (χ4v) is 3.69. The van der Waals surface area contributed by atoms with Crippen LogP contribution < -0.4 is 15.5 Å². The second-order valence-corrected chi connectivity index (χ2v) is 6.84. The smallest absolute Gasteiger partial charge is 0.266 e. The first kappa shape index (κ1) is 17.9. The lowest BCUT2D eigenvalue weighted by Crippen LogP contribution is -2.40. The zero-order valence-electron chi connectivity index (χ0n) is 15.3. The number of rotatable bonds is 4. The van der Waals surface area contributed by atoms with Crippen molar-refractivity contribution < 1.29 is 9.59 Å². The van der Waals surface area contributed by atoms with Crippen LogP contribution in [-0.2, 0) is 9.59 Å². The number of carbonyl (C=O) groups excluding carboxylic acids is 2. The molecule has 1 aromatic rings. The predicted octanol–water partition coefficient (Wildman–Crippen LogP) is 2.67. The first-order chi connectivity index (χ1) is 12.3. The van der Waals surface area contributed by atoms with Crippen LogP contribution in [0.5, 0.6) is 0 Å². The molecule has 0 bridgehead atoms. The fraction of sp³-hybridized carbons (Fsp3) is 0.350. The maximum atomic E-state index is 12.8. The molecule has 0 radical (unpaired) electrons. The Hall–Kier alpha value is -2.89. The summed E-state index contributed by atoms with van der Waals surface area (Å²) < 4.78 is 0. The van der Waals surface area contributed by atoms with Gasteiger partial charge in [-0.25, -0.2) is 0 Å². The van der Waals surface area contributed by atoms with E-state index in [1.165, 1.54) is 0 Å². The van der Waals surface area contributed by atoms with Gasteiger partial charge >= 0.3 is 0 Å². The van der Waals surface area contributed by atoms with E-state index in [0.717, 1.165) is 42.0 Å². The number of allylic oxidation sites excluding steroid dienone is 1. The van der Waals surface area contributed by atoms with Crippen LogP contribution in [0, 0.1) is 12.3 Å². The summed E-state index contributed by atoms with van der Waals surface area (Å²) in [6.45, 7) is 9.16. The molecule has 2 amide bonds. The normalized spacial score (nSPS) is 17.9.